The summed E-state index contributed by atoms with van der Waals surface area (Å²) in [6, 6.07) is 6.45. The Morgan fingerprint density at radius 1 is 1.39 bits per heavy atom. The van der Waals surface area contributed by atoms with Crippen molar-refractivity contribution < 1.29 is 14.3 Å². The van der Waals surface area contributed by atoms with Crippen LogP contribution >= 0.6 is 34.5 Å². The molecule has 1 aliphatic rings. The van der Waals surface area contributed by atoms with Crippen LogP contribution in [-0.2, 0) is 17.8 Å². The molecule has 4 heterocycles. The molecular formula is C22H24Cl2FN5O2S. The van der Waals surface area contributed by atoms with Crippen LogP contribution in [0.3, 0.4) is 0 Å². The first kappa shape index (κ1) is 23.9. The molecule has 0 saturated carbocycles. The quantitative estimate of drug-likeness (QED) is 0.378. The molecule has 2 atom stereocenters. The zero-order valence-corrected chi connectivity index (χ0v) is 20.5. The predicted molar refractivity (Wildman–Crippen MR) is 128 cm³/mol. The van der Waals surface area contributed by atoms with Gasteiger partial charge >= 0.3 is 5.97 Å². The molecule has 0 amide bonds. The van der Waals surface area contributed by atoms with Crippen molar-refractivity contribution in [2.75, 3.05) is 11.9 Å². The van der Waals surface area contributed by atoms with Gasteiger partial charge in [-0.15, -0.1) is 11.3 Å². The molecule has 0 unspecified atom stereocenters. The van der Waals surface area contributed by atoms with Crippen molar-refractivity contribution in [3.05, 3.63) is 55.7 Å². The van der Waals surface area contributed by atoms with Gasteiger partial charge in [0.05, 0.1) is 16.1 Å². The molecule has 0 aromatic carbocycles. The molecule has 3 aromatic rings. The number of aliphatic carboxylic acids is 1. The minimum absolute atomic E-state index is 0.0120. The second-order valence-electron chi connectivity index (χ2n) is 8.56. The first-order valence-corrected chi connectivity index (χ1v) is 12.1. The number of carboxylic acid groups (broad SMARTS) is 1. The number of rotatable bonds is 7. The zero-order valence-electron chi connectivity index (χ0n) is 18.2. The van der Waals surface area contributed by atoms with E-state index < -0.39 is 17.2 Å². The Morgan fingerprint density at radius 2 is 2.18 bits per heavy atom. The summed E-state index contributed by atoms with van der Waals surface area (Å²) >= 11 is 13.6. The van der Waals surface area contributed by atoms with Crippen LogP contribution in [0, 0.1) is 18.2 Å². The normalized spacial score (nSPS) is 21.3. The Labute approximate surface area is 204 Å². The third-order valence-corrected chi connectivity index (χ3v) is 7.93. The fourth-order valence-electron chi connectivity index (χ4n) is 4.32. The number of aromatic nitrogens is 3. The van der Waals surface area contributed by atoms with Gasteiger partial charge in [0.25, 0.3) is 0 Å². The molecule has 4 rings (SSSR count). The second kappa shape index (κ2) is 9.58. The lowest BCUT2D eigenvalue weighted by Gasteiger charge is -2.43. The van der Waals surface area contributed by atoms with E-state index in [4.69, 9.17) is 23.2 Å². The Balaban J connectivity index is 1.50. The van der Waals surface area contributed by atoms with E-state index >= 15 is 0 Å². The molecule has 0 radical (unpaired) electrons. The number of pyridine rings is 1. The van der Waals surface area contributed by atoms with E-state index in [1.54, 1.807) is 6.07 Å². The van der Waals surface area contributed by atoms with Crippen LogP contribution < -0.4 is 5.32 Å². The van der Waals surface area contributed by atoms with E-state index in [0.29, 0.717) is 46.9 Å². The number of halogens is 3. The third kappa shape index (κ3) is 5.32. The SMILES string of the molecule is Cc1cc(Nc2ccc(F)c(C[C@@]3(C(=O)O)CCN(Cc4cc(Cl)c(Cl)s4)[C@H](C)C3)n2)n[nH]1. The summed E-state index contributed by atoms with van der Waals surface area (Å²) in [5.41, 5.74) is -0.0969. The molecule has 0 aliphatic carbocycles. The van der Waals surface area contributed by atoms with Gasteiger partial charge in [0.2, 0.25) is 0 Å². The number of hydrogen-bond donors (Lipinski definition) is 3. The predicted octanol–water partition coefficient (Wildman–Crippen LogP) is 5.66. The Bertz CT molecular complexity index is 1150. The van der Waals surface area contributed by atoms with E-state index in [0.717, 1.165) is 10.6 Å². The van der Waals surface area contributed by atoms with Gasteiger partial charge < -0.3 is 10.4 Å². The minimum atomic E-state index is -1.10. The largest absolute Gasteiger partial charge is 0.481 e. The molecule has 0 bridgehead atoms. The highest BCUT2D eigenvalue weighted by Crippen LogP contribution is 2.40. The molecule has 3 aromatic heterocycles. The number of hydrogen-bond acceptors (Lipinski definition) is 6. The van der Waals surface area contributed by atoms with Crippen LogP contribution in [0.1, 0.15) is 36.0 Å². The first-order chi connectivity index (χ1) is 15.6. The number of nitrogens with zero attached hydrogens (tertiary/aromatic N) is 3. The van der Waals surface area contributed by atoms with Gasteiger partial charge in [-0.2, -0.15) is 5.10 Å². The number of H-pyrrole nitrogens is 1. The minimum Gasteiger partial charge on any atom is -0.481 e. The van der Waals surface area contributed by atoms with Crippen LogP contribution in [0.5, 0.6) is 0 Å². The molecule has 0 spiro atoms. The lowest BCUT2D eigenvalue weighted by Crippen LogP contribution is -2.49. The van der Waals surface area contributed by atoms with E-state index in [2.05, 4.69) is 25.4 Å². The number of carbonyl (C=O) groups is 1. The Kier molecular flexibility index (Phi) is 6.95. The van der Waals surface area contributed by atoms with E-state index in [-0.39, 0.29) is 18.2 Å². The van der Waals surface area contributed by atoms with Crippen LogP contribution in [0.25, 0.3) is 0 Å². The highest BCUT2D eigenvalue weighted by atomic mass is 35.5. The second-order valence-corrected chi connectivity index (χ2v) is 10.7. The number of piperidine rings is 1. The fourth-order valence-corrected chi connectivity index (χ4v) is 5.78. The van der Waals surface area contributed by atoms with E-state index in [1.807, 2.05) is 19.9 Å². The number of thiophene rings is 1. The molecule has 33 heavy (non-hydrogen) atoms. The number of aryl methyl sites for hydroxylation is 1. The van der Waals surface area contributed by atoms with E-state index in [9.17, 15) is 14.3 Å². The van der Waals surface area contributed by atoms with E-state index in [1.165, 1.54) is 23.5 Å². The fraction of sp³-hybridized carbons (Fsp3) is 0.409. The van der Waals surface area contributed by atoms with Gasteiger partial charge in [-0.05, 0) is 51.4 Å². The molecule has 1 aliphatic heterocycles. The van der Waals surface area contributed by atoms with Crippen LogP contribution in [0.4, 0.5) is 16.0 Å². The maximum absolute atomic E-state index is 14.7. The molecule has 3 N–H and O–H groups in total. The summed E-state index contributed by atoms with van der Waals surface area (Å²) in [5, 5.41) is 20.6. The highest BCUT2D eigenvalue weighted by Gasteiger charge is 2.45. The topological polar surface area (TPSA) is 94.1 Å². The molecule has 1 saturated heterocycles. The standard InChI is InChI=1S/C22H24Cl2FN5O2S/c1-12-7-19(29-28-12)27-18-4-3-16(25)17(26-18)10-22(21(31)32)5-6-30(13(2)9-22)11-14-8-15(23)20(24)33-14/h3-4,7-8,13H,5-6,9-11H2,1-2H3,(H,31,32)(H2,26,27,28,29)/t13-,22-/m1/s1. The summed E-state index contributed by atoms with van der Waals surface area (Å²) < 4.78 is 15.2. The van der Waals surface area contributed by atoms with Gasteiger partial charge in [-0.1, -0.05) is 23.2 Å². The van der Waals surface area contributed by atoms with Crippen molar-refractivity contribution >= 4 is 52.1 Å². The number of likely N-dealkylation sites (tertiary alicyclic amines) is 1. The molecular weight excluding hydrogens is 488 g/mol. The van der Waals surface area contributed by atoms with Gasteiger partial charge in [-0.25, -0.2) is 9.37 Å². The third-order valence-electron chi connectivity index (χ3n) is 6.08. The number of anilines is 2. The average molecular weight is 512 g/mol. The Hall–Kier alpha value is -2.20. The van der Waals surface area contributed by atoms with Gasteiger partial charge in [0.1, 0.15) is 16.0 Å². The first-order valence-electron chi connectivity index (χ1n) is 10.5. The van der Waals surface area contributed by atoms with Crippen molar-refractivity contribution in [1.29, 1.82) is 0 Å². The lowest BCUT2D eigenvalue weighted by molar-refractivity contribution is -0.153. The van der Waals surface area contributed by atoms with Gasteiger partial charge in [0.15, 0.2) is 5.82 Å². The summed E-state index contributed by atoms with van der Waals surface area (Å²) in [4.78, 5) is 20.0. The highest BCUT2D eigenvalue weighted by molar-refractivity contribution is 7.16. The molecule has 176 valence electrons. The summed E-state index contributed by atoms with van der Waals surface area (Å²) in [6.45, 7) is 5.07. The summed E-state index contributed by atoms with van der Waals surface area (Å²) in [5.74, 6) is -0.479. The van der Waals surface area contributed by atoms with Crippen LogP contribution in [0.15, 0.2) is 24.3 Å². The van der Waals surface area contributed by atoms with Crippen LogP contribution in [-0.4, -0.2) is 43.7 Å². The zero-order chi connectivity index (χ0) is 23.8. The number of aromatic amines is 1. The van der Waals surface area contributed by atoms with Crippen molar-refractivity contribution in [2.45, 2.75) is 45.7 Å². The van der Waals surface area contributed by atoms with Crippen molar-refractivity contribution in [3.63, 3.8) is 0 Å². The maximum atomic E-state index is 14.7. The monoisotopic (exact) mass is 511 g/mol. The molecule has 11 heteroatoms. The molecule has 1 fully saturated rings. The number of nitrogens with one attached hydrogen (secondary N) is 2. The van der Waals surface area contributed by atoms with Gasteiger partial charge in [0, 0.05) is 35.6 Å². The summed E-state index contributed by atoms with van der Waals surface area (Å²) in [7, 11) is 0. The summed E-state index contributed by atoms with van der Waals surface area (Å²) in [6.07, 6.45) is 0.779. The lowest BCUT2D eigenvalue weighted by atomic mass is 9.72. The maximum Gasteiger partial charge on any atom is 0.310 e. The molecule has 7 nitrogen and oxygen atoms in total. The van der Waals surface area contributed by atoms with Gasteiger partial charge in [-0.3, -0.25) is 14.8 Å². The van der Waals surface area contributed by atoms with Crippen LogP contribution in [0.2, 0.25) is 9.36 Å². The average Bonchev–Trinajstić information content (AvgIpc) is 3.30. The van der Waals surface area contributed by atoms with Crippen molar-refractivity contribution in [1.82, 2.24) is 20.1 Å². The Morgan fingerprint density at radius 3 is 2.79 bits per heavy atom. The van der Waals surface area contributed by atoms with Crippen molar-refractivity contribution in [3.8, 4) is 0 Å². The smallest absolute Gasteiger partial charge is 0.310 e. The van der Waals surface area contributed by atoms with Crippen molar-refractivity contribution in [2.24, 2.45) is 5.41 Å². The number of carboxylic acids is 1.